The second kappa shape index (κ2) is 12.1. The highest BCUT2D eigenvalue weighted by molar-refractivity contribution is 7.88. The summed E-state index contributed by atoms with van der Waals surface area (Å²) in [5, 5.41) is 5.47. The largest absolute Gasteiger partial charge is 0.474 e. The van der Waals surface area contributed by atoms with Gasteiger partial charge >= 0.3 is 6.09 Å². The molecule has 5 aliphatic heterocycles. The Morgan fingerprint density at radius 3 is 2.57 bits per heavy atom. The topological polar surface area (TPSA) is 134 Å². The van der Waals surface area contributed by atoms with Crippen LogP contribution < -0.4 is 20.8 Å². The predicted octanol–water partition coefficient (Wildman–Crippen LogP) is 3.43. The Kier molecular flexibility index (Phi) is 7.91. The first-order valence-electron chi connectivity index (χ1n) is 15.7. The number of aromatic nitrogens is 3. The number of hydrogen-bond donors (Lipinski definition) is 2. The number of likely N-dealkylation sites (tertiary alicyclic amines) is 1. The van der Waals surface area contributed by atoms with Gasteiger partial charge in [0.05, 0.1) is 44.2 Å². The van der Waals surface area contributed by atoms with Crippen molar-refractivity contribution in [1.82, 2.24) is 25.2 Å². The van der Waals surface area contributed by atoms with Crippen LogP contribution in [0.25, 0.3) is 12.2 Å². The van der Waals surface area contributed by atoms with Crippen LogP contribution in [0.2, 0.25) is 0 Å². The minimum atomic E-state index is -1.34. The number of carbonyl (C=O) groups excluding carboxylic acids is 1. The molecule has 1 amide bonds. The van der Waals surface area contributed by atoms with E-state index >= 15 is 0 Å². The van der Waals surface area contributed by atoms with Crippen molar-refractivity contribution in [1.29, 1.82) is 0 Å². The maximum absolute atomic E-state index is 13.2. The number of carbonyl (C=O) groups is 1. The number of fused-ring (bicyclic) bond motifs is 6. The Balaban J connectivity index is 1.21. The molecule has 11 nitrogen and oxygen atoms in total. The molecule has 0 spiro atoms. The highest BCUT2D eigenvalue weighted by Gasteiger charge is 2.38. The van der Waals surface area contributed by atoms with Crippen molar-refractivity contribution in [3.05, 3.63) is 99.4 Å². The Labute approximate surface area is 275 Å². The van der Waals surface area contributed by atoms with E-state index in [9.17, 15) is 9.00 Å². The van der Waals surface area contributed by atoms with Crippen molar-refractivity contribution in [2.45, 2.75) is 57.3 Å². The first-order chi connectivity index (χ1) is 22.5. The number of piperidine rings is 1. The Hall–Kier alpha value is -4.84. The average molecular weight is 652 g/mol. The second-order valence-corrected chi connectivity index (χ2v) is 14.4. The van der Waals surface area contributed by atoms with E-state index in [2.05, 4.69) is 27.4 Å². The molecule has 0 aliphatic carbocycles. The molecule has 2 aromatic heterocycles. The fourth-order valence-electron chi connectivity index (χ4n) is 6.15. The van der Waals surface area contributed by atoms with Crippen LogP contribution in [0, 0.1) is 0 Å². The van der Waals surface area contributed by atoms with Gasteiger partial charge in [0.1, 0.15) is 23.6 Å². The summed E-state index contributed by atoms with van der Waals surface area (Å²) in [5.41, 5.74) is 3.12. The number of aromatic amines is 1. The summed E-state index contributed by atoms with van der Waals surface area (Å²) in [7, 11) is -1.34. The van der Waals surface area contributed by atoms with E-state index in [1.54, 1.807) is 11.2 Å². The Morgan fingerprint density at radius 2 is 1.79 bits per heavy atom. The van der Waals surface area contributed by atoms with Gasteiger partial charge in [-0.15, -0.1) is 0 Å². The molecule has 8 bridgehead atoms. The third-order valence-electron chi connectivity index (χ3n) is 8.31. The van der Waals surface area contributed by atoms with Crippen LogP contribution in [0.1, 0.15) is 45.7 Å². The van der Waals surface area contributed by atoms with Crippen molar-refractivity contribution in [3.63, 3.8) is 0 Å². The standard InChI is InChI=1S/C35H37N7O4S/c1-34(2,3)46-33(43)42-15-12-27(13-16-42)45-31-19-30(36-21-37-31)35-14-11-29(41-35)32(47(4)44)28-10-9-25(40-28)18-23-6-5-22(38-23)17-24-7-8-26(20-35)39-24/h5-11,17-21,27,39,41H,12-16H2,1-4H3. The zero-order valence-corrected chi connectivity index (χ0v) is 27.6. The number of hydrogen-bond acceptors (Lipinski definition) is 9. The van der Waals surface area contributed by atoms with E-state index < -0.39 is 21.9 Å². The van der Waals surface area contributed by atoms with E-state index in [4.69, 9.17) is 24.4 Å². The quantitative estimate of drug-likeness (QED) is 0.518. The lowest BCUT2D eigenvalue weighted by Gasteiger charge is -2.33. The molecule has 47 heavy (non-hydrogen) atoms. The number of allylic oxidation sites excluding steroid dienone is 5. The number of amides is 1. The zero-order valence-electron chi connectivity index (χ0n) is 26.8. The number of nitrogens with zero attached hydrogens (tertiary/aromatic N) is 5. The summed E-state index contributed by atoms with van der Waals surface area (Å²) < 4.78 is 25.1. The van der Waals surface area contributed by atoms with Gasteiger partial charge in [0.25, 0.3) is 0 Å². The average Bonchev–Trinajstić information content (AvgIpc) is 3.83. The maximum atomic E-state index is 13.2. The molecule has 1 fully saturated rings. The minimum absolute atomic E-state index is 0.108. The molecule has 2 N–H and O–H groups in total. The van der Waals surface area contributed by atoms with Gasteiger partial charge in [0.15, 0.2) is 0 Å². The molecular formula is C35H37N7O4S. The van der Waals surface area contributed by atoms with Gasteiger partial charge in [-0.05, 0) is 75.4 Å². The molecule has 7 rings (SSSR count). The number of aliphatic imine (C=N–C) groups is 2. The molecule has 2 unspecified atom stereocenters. The molecule has 0 radical (unpaired) electrons. The molecule has 7 heterocycles. The lowest BCUT2D eigenvalue weighted by atomic mass is 9.92. The van der Waals surface area contributed by atoms with E-state index in [1.807, 2.05) is 75.4 Å². The van der Waals surface area contributed by atoms with Crippen LogP contribution in [0.3, 0.4) is 0 Å². The molecule has 5 aliphatic rings. The molecule has 1 saturated heterocycles. The third-order valence-corrected chi connectivity index (χ3v) is 9.31. The smallest absolute Gasteiger partial charge is 0.410 e. The molecule has 12 heteroatoms. The fraction of sp³-hybridized carbons (Fsp3) is 0.343. The van der Waals surface area contributed by atoms with Gasteiger partial charge in [-0.1, -0.05) is 6.08 Å². The van der Waals surface area contributed by atoms with Gasteiger partial charge in [-0.25, -0.2) is 24.7 Å². The monoisotopic (exact) mass is 651 g/mol. The van der Waals surface area contributed by atoms with E-state index in [-0.39, 0.29) is 12.2 Å². The maximum Gasteiger partial charge on any atom is 0.410 e. The molecule has 0 aromatic carbocycles. The molecule has 2 aromatic rings. The third kappa shape index (κ3) is 6.69. The summed E-state index contributed by atoms with van der Waals surface area (Å²) in [6.07, 6.45) is 20.4. The van der Waals surface area contributed by atoms with Crippen LogP contribution >= 0.6 is 0 Å². The minimum Gasteiger partial charge on any atom is -0.474 e. The number of ether oxygens (including phenoxy) is 2. The predicted molar refractivity (Wildman–Crippen MR) is 182 cm³/mol. The Bertz CT molecular complexity index is 2000. The van der Waals surface area contributed by atoms with Crippen molar-refractivity contribution in [3.8, 4) is 5.88 Å². The van der Waals surface area contributed by atoms with E-state index in [1.165, 1.54) is 6.33 Å². The van der Waals surface area contributed by atoms with Crippen LogP contribution in [-0.4, -0.2) is 72.6 Å². The van der Waals surface area contributed by atoms with Gasteiger partial charge in [-0.3, -0.25) is 4.21 Å². The van der Waals surface area contributed by atoms with Gasteiger partial charge in [0.2, 0.25) is 5.88 Å². The summed E-state index contributed by atoms with van der Waals surface area (Å²) >= 11 is 0. The van der Waals surface area contributed by atoms with Gasteiger partial charge in [0, 0.05) is 61.1 Å². The highest BCUT2D eigenvalue weighted by Crippen LogP contribution is 2.38. The fourth-order valence-corrected chi connectivity index (χ4v) is 7.00. The highest BCUT2D eigenvalue weighted by atomic mass is 32.2. The Morgan fingerprint density at radius 1 is 1.02 bits per heavy atom. The van der Waals surface area contributed by atoms with Crippen LogP contribution in [0.4, 0.5) is 4.79 Å². The molecule has 242 valence electrons. The van der Waals surface area contributed by atoms with Crippen molar-refractivity contribution in [2.24, 2.45) is 9.98 Å². The number of nitrogens with one attached hydrogen (secondary N) is 2. The summed E-state index contributed by atoms with van der Waals surface area (Å²) in [6, 6.07) is 5.90. The van der Waals surface area contributed by atoms with Crippen molar-refractivity contribution < 1.29 is 18.5 Å². The molecule has 0 saturated carbocycles. The normalized spacial score (nSPS) is 22.9. The lowest BCUT2D eigenvalue weighted by molar-refractivity contribution is 0.0123. The summed E-state index contributed by atoms with van der Waals surface area (Å²) in [5.74, 6) is 0.454. The van der Waals surface area contributed by atoms with Gasteiger partial charge < -0.3 is 24.7 Å². The van der Waals surface area contributed by atoms with Crippen LogP contribution in [-0.2, 0) is 21.1 Å². The number of rotatable bonds is 4. The van der Waals surface area contributed by atoms with Crippen LogP contribution in [0.5, 0.6) is 5.88 Å². The van der Waals surface area contributed by atoms with Crippen molar-refractivity contribution >= 4 is 40.5 Å². The lowest BCUT2D eigenvalue weighted by Crippen LogP contribution is -2.44. The summed E-state index contributed by atoms with van der Waals surface area (Å²) in [6.45, 7) is 6.68. The zero-order chi connectivity index (χ0) is 32.8. The van der Waals surface area contributed by atoms with Crippen LogP contribution in [0.15, 0.2) is 93.0 Å². The number of H-pyrrole nitrogens is 1. The van der Waals surface area contributed by atoms with Gasteiger partial charge in [-0.2, -0.15) is 0 Å². The summed E-state index contributed by atoms with van der Waals surface area (Å²) in [4.78, 5) is 37.1. The van der Waals surface area contributed by atoms with E-state index in [0.717, 1.165) is 33.5 Å². The second-order valence-electron chi connectivity index (χ2n) is 13.1. The molecule has 2 atom stereocenters. The van der Waals surface area contributed by atoms with Crippen molar-refractivity contribution in [2.75, 3.05) is 19.3 Å². The van der Waals surface area contributed by atoms with E-state index in [0.29, 0.717) is 54.5 Å². The SMILES string of the molecule is CS(=O)C1=C2C=CC(=N2)C=C2C=CC(=N2)C=c2ccc([nH]2)=CC2(c3cc(OC4CCN(C(=O)OC(C)(C)C)CC4)ncn3)CC=C1N2. The molecular weight excluding hydrogens is 614 g/mol. The first-order valence-corrected chi connectivity index (χ1v) is 17.3. The first kappa shape index (κ1) is 30.8.